The monoisotopic (exact) mass is 223 g/mol. The zero-order valence-corrected chi connectivity index (χ0v) is 9.97. The molecule has 0 aromatic carbocycles. The van der Waals surface area contributed by atoms with Crippen molar-refractivity contribution < 1.29 is 5.11 Å². The standard InChI is InChI=1S/C12H21N3O/c1-14-7-6-13-12(14)10-15(8-9-16)11-4-2-3-5-11/h6-7,11,16H,2-5,8-10H2,1H3. The minimum Gasteiger partial charge on any atom is -0.395 e. The van der Waals surface area contributed by atoms with Gasteiger partial charge in [-0.25, -0.2) is 4.98 Å². The van der Waals surface area contributed by atoms with Gasteiger partial charge in [0.2, 0.25) is 0 Å². The van der Waals surface area contributed by atoms with Crippen molar-refractivity contribution in [3.05, 3.63) is 18.2 Å². The fraction of sp³-hybridized carbons (Fsp3) is 0.750. The Bertz CT molecular complexity index is 318. The Hall–Kier alpha value is -0.870. The summed E-state index contributed by atoms with van der Waals surface area (Å²) in [6.45, 7) is 1.85. The average molecular weight is 223 g/mol. The Morgan fingerprint density at radius 1 is 1.50 bits per heavy atom. The van der Waals surface area contributed by atoms with Crippen molar-refractivity contribution in [2.24, 2.45) is 7.05 Å². The van der Waals surface area contributed by atoms with E-state index in [4.69, 9.17) is 5.11 Å². The highest BCUT2D eigenvalue weighted by Crippen LogP contribution is 2.24. The Labute approximate surface area is 96.9 Å². The first-order valence-corrected chi connectivity index (χ1v) is 6.12. The van der Waals surface area contributed by atoms with E-state index in [1.165, 1.54) is 25.7 Å². The maximum absolute atomic E-state index is 9.13. The number of aromatic nitrogens is 2. The van der Waals surface area contributed by atoms with Gasteiger partial charge in [-0.2, -0.15) is 0 Å². The highest BCUT2D eigenvalue weighted by atomic mass is 16.3. The summed E-state index contributed by atoms with van der Waals surface area (Å²) in [6.07, 6.45) is 9.00. The van der Waals surface area contributed by atoms with E-state index in [2.05, 4.69) is 14.5 Å². The molecule has 1 aliphatic rings. The van der Waals surface area contributed by atoms with Gasteiger partial charge in [0, 0.05) is 32.0 Å². The van der Waals surface area contributed by atoms with Gasteiger partial charge in [-0.1, -0.05) is 12.8 Å². The van der Waals surface area contributed by atoms with Gasteiger partial charge in [0.1, 0.15) is 5.82 Å². The summed E-state index contributed by atoms with van der Waals surface area (Å²) in [5.41, 5.74) is 0. The number of rotatable bonds is 5. The number of nitrogens with zero attached hydrogens (tertiary/aromatic N) is 3. The third-order valence-electron chi connectivity index (χ3n) is 3.49. The summed E-state index contributed by atoms with van der Waals surface area (Å²) in [7, 11) is 2.02. The van der Waals surface area contributed by atoms with Crippen LogP contribution >= 0.6 is 0 Å². The lowest BCUT2D eigenvalue weighted by molar-refractivity contribution is 0.140. The van der Waals surface area contributed by atoms with Crippen molar-refractivity contribution in [2.75, 3.05) is 13.2 Å². The van der Waals surface area contributed by atoms with E-state index >= 15 is 0 Å². The van der Waals surface area contributed by atoms with Crippen molar-refractivity contribution in [3.63, 3.8) is 0 Å². The van der Waals surface area contributed by atoms with Crippen LogP contribution in [0.1, 0.15) is 31.5 Å². The summed E-state index contributed by atoms with van der Waals surface area (Å²) in [5.74, 6) is 1.08. The molecule has 1 fully saturated rings. The first-order chi connectivity index (χ1) is 7.81. The highest BCUT2D eigenvalue weighted by Gasteiger charge is 2.22. The van der Waals surface area contributed by atoms with Crippen LogP contribution in [0.3, 0.4) is 0 Å². The molecule has 0 unspecified atom stereocenters. The van der Waals surface area contributed by atoms with Crippen molar-refractivity contribution in [3.8, 4) is 0 Å². The molecule has 0 saturated heterocycles. The van der Waals surface area contributed by atoms with E-state index in [-0.39, 0.29) is 6.61 Å². The average Bonchev–Trinajstić information content (AvgIpc) is 2.90. The fourth-order valence-corrected chi connectivity index (χ4v) is 2.52. The summed E-state index contributed by atoms with van der Waals surface area (Å²) in [4.78, 5) is 6.72. The highest BCUT2D eigenvalue weighted by molar-refractivity contribution is 4.92. The van der Waals surface area contributed by atoms with E-state index in [1.807, 2.05) is 19.4 Å². The van der Waals surface area contributed by atoms with Crippen LogP contribution in [0.4, 0.5) is 0 Å². The molecule has 1 saturated carbocycles. The molecule has 0 amide bonds. The van der Waals surface area contributed by atoms with Crippen LogP contribution in [-0.4, -0.2) is 38.8 Å². The van der Waals surface area contributed by atoms with Crippen molar-refractivity contribution in [1.29, 1.82) is 0 Å². The summed E-state index contributed by atoms with van der Waals surface area (Å²) in [6, 6.07) is 0.642. The second kappa shape index (κ2) is 5.46. The van der Waals surface area contributed by atoms with E-state index in [9.17, 15) is 0 Å². The Morgan fingerprint density at radius 2 is 2.25 bits per heavy atom. The molecule has 16 heavy (non-hydrogen) atoms. The van der Waals surface area contributed by atoms with E-state index in [0.29, 0.717) is 6.04 Å². The molecule has 0 spiro atoms. The van der Waals surface area contributed by atoms with Crippen molar-refractivity contribution >= 4 is 0 Å². The van der Waals surface area contributed by atoms with Gasteiger partial charge in [-0.05, 0) is 12.8 Å². The third kappa shape index (κ3) is 2.62. The van der Waals surface area contributed by atoms with Crippen molar-refractivity contribution in [2.45, 2.75) is 38.3 Å². The van der Waals surface area contributed by atoms with E-state index < -0.39 is 0 Å². The lowest BCUT2D eigenvalue weighted by atomic mass is 10.2. The predicted molar refractivity (Wildman–Crippen MR) is 63.0 cm³/mol. The SMILES string of the molecule is Cn1ccnc1CN(CCO)C1CCCC1. The number of hydrogen-bond acceptors (Lipinski definition) is 3. The van der Waals surface area contributed by atoms with Crippen LogP contribution in [0.15, 0.2) is 12.4 Å². The first-order valence-electron chi connectivity index (χ1n) is 6.12. The Morgan fingerprint density at radius 3 is 2.81 bits per heavy atom. The van der Waals surface area contributed by atoms with Crippen molar-refractivity contribution in [1.82, 2.24) is 14.5 Å². The van der Waals surface area contributed by atoms with Crippen LogP contribution in [0.2, 0.25) is 0 Å². The zero-order chi connectivity index (χ0) is 11.4. The van der Waals surface area contributed by atoms with E-state index in [1.54, 1.807) is 0 Å². The maximum atomic E-state index is 9.13. The minimum atomic E-state index is 0.237. The molecule has 0 radical (unpaired) electrons. The van der Waals surface area contributed by atoms with Crippen LogP contribution in [0.5, 0.6) is 0 Å². The van der Waals surface area contributed by atoms with Gasteiger partial charge in [0.05, 0.1) is 13.2 Å². The number of aliphatic hydroxyl groups is 1. The number of aryl methyl sites for hydroxylation is 1. The molecule has 1 aromatic heterocycles. The second-order valence-electron chi connectivity index (χ2n) is 4.59. The molecule has 1 heterocycles. The van der Waals surface area contributed by atoms with Gasteiger partial charge in [0.15, 0.2) is 0 Å². The van der Waals surface area contributed by atoms with Gasteiger partial charge in [0.25, 0.3) is 0 Å². The zero-order valence-electron chi connectivity index (χ0n) is 9.97. The molecule has 1 N–H and O–H groups in total. The molecule has 0 atom stereocenters. The van der Waals surface area contributed by atoms with Crippen LogP contribution in [0, 0.1) is 0 Å². The molecule has 0 bridgehead atoms. The topological polar surface area (TPSA) is 41.3 Å². The smallest absolute Gasteiger partial charge is 0.122 e. The molecule has 2 rings (SSSR count). The van der Waals surface area contributed by atoms with Gasteiger partial charge >= 0.3 is 0 Å². The third-order valence-corrected chi connectivity index (χ3v) is 3.49. The van der Waals surface area contributed by atoms with Gasteiger partial charge in [-0.3, -0.25) is 4.90 Å². The lowest BCUT2D eigenvalue weighted by Crippen LogP contribution is -2.35. The largest absolute Gasteiger partial charge is 0.395 e. The lowest BCUT2D eigenvalue weighted by Gasteiger charge is -2.27. The van der Waals surface area contributed by atoms with Crippen LogP contribution in [0.25, 0.3) is 0 Å². The predicted octanol–water partition coefficient (Wildman–Crippen LogP) is 1.16. The first kappa shape index (κ1) is 11.6. The second-order valence-corrected chi connectivity index (χ2v) is 4.59. The molecule has 1 aromatic rings. The summed E-state index contributed by atoms with van der Waals surface area (Å²) in [5, 5.41) is 9.13. The maximum Gasteiger partial charge on any atom is 0.122 e. The molecule has 4 heteroatoms. The molecular formula is C12H21N3O. The van der Waals surface area contributed by atoms with Crippen LogP contribution in [-0.2, 0) is 13.6 Å². The summed E-state index contributed by atoms with van der Waals surface area (Å²) >= 11 is 0. The Kier molecular flexibility index (Phi) is 3.96. The molecule has 1 aliphatic carbocycles. The fourth-order valence-electron chi connectivity index (χ4n) is 2.52. The quantitative estimate of drug-likeness (QED) is 0.814. The molecule has 90 valence electrons. The number of aliphatic hydroxyl groups excluding tert-OH is 1. The normalized spacial score (nSPS) is 17.4. The van der Waals surface area contributed by atoms with Gasteiger partial charge in [-0.15, -0.1) is 0 Å². The Balaban J connectivity index is 1.99. The molecule has 0 aliphatic heterocycles. The molecular weight excluding hydrogens is 202 g/mol. The van der Waals surface area contributed by atoms with Gasteiger partial charge < -0.3 is 9.67 Å². The van der Waals surface area contributed by atoms with Crippen LogP contribution < -0.4 is 0 Å². The van der Waals surface area contributed by atoms with E-state index in [0.717, 1.165) is 18.9 Å². The summed E-state index contributed by atoms with van der Waals surface area (Å²) < 4.78 is 2.05. The molecule has 4 nitrogen and oxygen atoms in total. The number of imidazole rings is 1. The number of hydrogen-bond donors (Lipinski definition) is 1. The minimum absolute atomic E-state index is 0.237.